The first-order valence-electron chi connectivity index (χ1n) is 6.34. The first-order chi connectivity index (χ1) is 10.4. The Balaban J connectivity index is 2.20. The number of pyridine rings is 1. The van der Waals surface area contributed by atoms with Gasteiger partial charge in [0.2, 0.25) is 0 Å². The van der Waals surface area contributed by atoms with E-state index in [9.17, 15) is 13.2 Å². The maximum atomic E-state index is 12.8. The average molecular weight is 387 g/mol. The van der Waals surface area contributed by atoms with E-state index >= 15 is 0 Å². The van der Waals surface area contributed by atoms with Crippen molar-refractivity contribution in [1.82, 2.24) is 4.98 Å². The number of benzene rings is 1. The van der Waals surface area contributed by atoms with E-state index in [2.05, 4.69) is 26.2 Å². The third-order valence-corrected chi connectivity index (χ3v) is 4.88. The summed E-state index contributed by atoms with van der Waals surface area (Å²) in [5.41, 5.74) is 0.860. The Kier molecular flexibility index (Phi) is 3.86. The van der Waals surface area contributed by atoms with Gasteiger partial charge in [-0.1, -0.05) is 28.1 Å². The molecule has 3 aromatic rings. The Hall–Kier alpha value is -1.60. The number of fused-ring (bicyclic) bond motifs is 1. The van der Waals surface area contributed by atoms with Gasteiger partial charge in [0.1, 0.15) is 10.5 Å². The fraction of sp³-hybridized carbons (Fsp3) is 0.133. The quantitative estimate of drug-likeness (QED) is 0.603. The molecule has 1 N–H and O–H groups in total. The molecule has 2 aromatic heterocycles. The van der Waals surface area contributed by atoms with Crippen LogP contribution >= 0.6 is 27.3 Å². The summed E-state index contributed by atoms with van der Waals surface area (Å²) in [6.45, 7) is 0. The zero-order valence-corrected chi connectivity index (χ0v) is 13.7. The van der Waals surface area contributed by atoms with Crippen LogP contribution in [0.25, 0.3) is 20.7 Å². The third kappa shape index (κ3) is 2.70. The maximum Gasteiger partial charge on any atom is 0.433 e. The van der Waals surface area contributed by atoms with Gasteiger partial charge in [-0.3, -0.25) is 0 Å². The Morgan fingerprint density at radius 3 is 2.36 bits per heavy atom. The molecule has 0 unspecified atom stereocenters. The summed E-state index contributed by atoms with van der Waals surface area (Å²) in [7, 11) is 1.75. The average Bonchev–Trinajstić information content (AvgIpc) is 2.84. The highest BCUT2D eigenvalue weighted by Crippen LogP contribution is 2.43. The lowest BCUT2D eigenvalue weighted by Crippen LogP contribution is -2.07. The van der Waals surface area contributed by atoms with Gasteiger partial charge in [0, 0.05) is 16.9 Å². The molecular formula is C15H10BrF3N2S. The fourth-order valence-corrected chi connectivity index (χ4v) is 3.64. The van der Waals surface area contributed by atoms with E-state index in [1.807, 2.05) is 24.3 Å². The number of rotatable bonds is 2. The third-order valence-electron chi connectivity index (χ3n) is 3.20. The van der Waals surface area contributed by atoms with Crippen LogP contribution in [0.5, 0.6) is 0 Å². The number of nitrogens with one attached hydrogen (secondary N) is 1. The first-order valence-corrected chi connectivity index (χ1v) is 7.95. The maximum absolute atomic E-state index is 12.8. The van der Waals surface area contributed by atoms with Gasteiger partial charge in [0.15, 0.2) is 0 Å². The van der Waals surface area contributed by atoms with Crippen molar-refractivity contribution in [3.05, 3.63) is 46.6 Å². The molecule has 0 fully saturated rings. The summed E-state index contributed by atoms with van der Waals surface area (Å²) in [4.78, 5) is 5.01. The van der Waals surface area contributed by atoms with E-state index in [0.717, 1.165) is 26.7 Å². The topological polar surface area (TPSA) is 24.9 Å². The van der Waals surface area contributed by atoms with Crippen LogP contribution in [0.1, 0.15) is 5.69 Å². The number of alkyl halides is 3. The fourth-order valence-electron chi connectivity index (χ4n) is 2.19. The lowest BCUT2D eigenvalue weighted by atomic mass is 10.1. The predicted octanol–water partition coefficient (Wildman–Crippen LogP) is 5.79. The molecular weight excluding hydrogens is 377 g/mol. The molecule has 0 amide bonds. The number of hydrogen-bond acceptors (Lipinski definition) is 3. The number of nitrogens with zero attached hydrogens (tertiary/aromatic N) is 1. The SMILES string of the molecule is CNc1c(-c2ccc(Br)cc2)sc2nc(C(F)(F)F)ccc12. The second-order valence-corrected chi connectivity index (χ2v) is 6.52. The summed E-state index contributed by atoms with van der Waals surface area (Å²) in [5, 5.41) is 3.76. The van der Waals surface area contributed by atoms with Crippen LogP contribution in [-0.2, 0) is 6.18 Å². The molecule has 114 valence electrons. The second kappa shape index (κ2) is 5.55. The molecule has 0 bridgehead atoms. The van der Waals surface area contributed by atoms with Gasteiger partial charge in [-0.05, 0) is 29.8 Å². The Bertz CT molecular complexity index is 825. The number of anilines is 1. The first kappa shape index (κ1) is 15.3. The van der Waals surface area contributed by atoms with Crippen LogP contribution in [0.3, 0.4) is 0 Å². The van der Waals surface area contributed by atoms with Gasteiger partial charge in [-0.25, -0.2) is 4.98 Å². The molecule has 0 aliphatic carbocycles. The van der Waals surface area contributed by atoms with Crippen molar-refractivity contribution in [2.45, 2.75) is 6.18 Å². The molecule has 7 heteroatoms. The summed E-state index contributed by atoms with van der Waals surface area (Å²) in [6.07, 6.45) is -4.43. The molecule has 22 heavy (non-hydrogen) atoms. The van der Waals surface area contributed by atoms with Crippen molar-refractivity contribution >= 4 is 43.2 Å². The summed E-state index contributed by atoms with van der Waals surface area (Å²) < 4.78 is 39.3. The smallest absolute Gasteiger partial charge is 0.386 e. The van der Waals surface area contributed by atoms with E-state index in [4.69, 9.17) is 0 Å². The van der Waals surface area contributed by atoms with Crippen molar-refractivity contribution in [3.8, 4) is 10.4 Å². The summed E-state index contributed by atoms with van der Waals surface area (Å²) >= 11 is 4.62. The van der Waals surface area contributed by atoms with Crippen LogP contribution < -0.4 is 5.32 Å². The normalized spacial score (nSPS) is 11.9. The van der Waals surface area contributed by atoms with Gasteiger partial charge in [0.25, 0.3) is 0 Å². The molecule has 3 rings (SSSR count). The molecule has 1 aromatic carbocycles. The summed E-state index contributed by atoms with van der Waals surface area (Å²) in [6, 6.07) is 10.1. The Morgan fingerprint density at radius 2 is 1.77 bits per heavy atom. The molecule has 0 aliphatic heterocycles. The Labute approximate surface area is 137 Å². The molecule has 0 spiro atoms. The van der Waals surface area contributed by atoms with E-state index in [0.29, 0.717) is 10.2 Å². The molecule has 0 saturated carbocycles. The second-order valence-electron chi connectivity index (χ2n) is 4.61. The number of aromatic nitrogens is 1. The zero-order chi connectivity index (χ0) is 15.9. The lowest BCUT2D eigenvalue weighted by molar-refractivity contribution is -0.140. The lowest BCUT2D eigenvalue weighted by Gasteiger charge is -2.05. The van der Waals surface area contributed by atoms with Gasteiger partial charge in [0.05, 0.1) is 10.6 Å². The molecule has 0 radical (unpaired) electrons. The van der Waals surface area contributed by atoms with Gasteiger partial charge in [-0.2, -0.15) is 13.2 Å². The zero-order valence-electron chi connectivity index (χ0n) is 11.3. The van der Waals surface area contributed by atoms with E-state index < -0.39 is 11.9 Å². The minimum atomic E-state index is -4.43. The van der Waals surface area contributed by atoms with Crippen LogP contribution in [0.2, 0.25) is 0 Å². The van der Waals surface area contributed by atoms with E-state index in [1.165, 1.54) is 17.4 Å². The number of thiophene rings is 1. The predicted molar refractivity (Wildman–Crippen MR) is 87.3 cm³/mol. The van der Waals surface area contributed by atoms with Crippen LogP contribution in [-0.4, -0.2) is 12.0 Å². The number of halogens is 4. The van der Waals surface area contributed by atoms with E-state index in [1.54, 1.807) is 7.05 Å². The van der Waals surface area contributed by atoms with Gasteiger partial charge >= 0.3 is 6.18 Å². The molecule has 0 atom stereocenters. The molecule has 2 heterocycles. The highest BCUT2D eigenvalue weighted by atomic mass is 79.9. The molecule has 0 aliphatic rings. The monoisotopic (exact) mass is 386 g/mol. The van der Waals surface area contributed by atoms with Crippen LogP contribution in [0.15, 0.2) is 40.9 Å². The van der Waals surface area contributed by atoms with Crippen molar-refractivity contribution in [3.63, 3.8) is 0 Å². The van der Waals surface area contributed by atoms with Crippen molar-refractivity contribution in [2.24, 2.45) is 0 Å². The van der Waals surface area contributed by atoms with Crippen molar-refractivity contribution in [1.29, 1.82) is 0 Å². The summed E-state index contributed by atoms with van der Waals surface area (Å²) in [5.74, 6) is 0. The standard InChI is InChI=1S/C15H10BrF3N2S/c1-20-12-10-6-7-11(15(17,18)19)21-14(10)22-13(12)8-2-4-9(16)5-3-8/h2-7,20H,1H3. The minimum Gasteiger partial charge on any atom is -0.386 e. The minimum absolute atomic E-state index is 0.372. The van der Waals surface area contributed by atoms with Crippen LogP contribution in [0.4, 0.5) is 18.9 Å². The molecule has 2 nitrogen and oxygen atoms in total. The Morgan fingerprint density at radius 1 is 1.09 bits per heavy atom. The van der Waals surface area contributed by atoms with E-state index in [-0.39, 0.29) is 0 Å². The van der Waals surface area contributed by atoms with Crippen molar-refractivity contribution < 1.29 is 13.2 Å². The largest absolute Gasteiger partial charge is 0.433 e. The van der Waals surface area contributed by atoms with Crippen molar-refractivity contribution in [2.75, 3.05) is 12.4 Å². The van der Waals surface area contributed by atoms with Crippen LogP contribution in [0, 0.1) is 0 Å². The van der Waals surface area contributed by atoms with Gasteiger partial charge < -0.3 is 5.32 Å². The molecule has 0 saturated heterocycles. The number of hydrogen-bond donors (Lipinski definition) is 1. The van der Waals surface area contributed by atoms with Gasteiger partial charge in [-0.15, -0.1) is 11.3 Å². The highest BCUT2D eigenvalue weighted by Gasteiger charge is 2.33. The highest BCUT2D eigenvalue weighted by molar-refractivity contribution is 9.10.